The molecule has 0 unspecified atom stereocenters. The van der Waals surface area contributed by atoms with E-state index in [1.54, 1.807) is 6.07 Å². The summed E-state index contributed by atoms with van der Waals surface area (Å²) >= 11 is 0. The van der Waals surface area contributed by atoms with E-state index < -0.39 is 5.97 Å². The van der Waals surface area contributed by atoms with Gasteiger partial charge in [-0.3, -0.25) is 19.6 Å². The summed E-state index contributed by atoms with van der Waals surface area (Å²) in [4.78, 5) is 29.8. The van der Waals surface area contributed by atoms with Crippen molar-refractivity contribution in [1.29, 1.82) is 0 Å². The van der Waals surface area contributed by atoms with Gasteiger partial charge < -0.3 is 10.4 Å². The van der Waals surface area contributed by atoms with Gasteiger partial charge >= 0.3 is 5.97 Å². The van der Waals surface area contributed by atoms with E-state index in [0.29, 0.717) is 17.1 Å². The number of aromatic amines is 1. The van der Waals surface area contributed by atoms with Crippen LogP contribution in [0.5, 0.6) is 0 Å². The van der Waals surface area contributed by atoms with Crippen LogP contribution in [0.15, 0.2) is 12.3 Å². The van der Waals surface area contributed by atoms with Crippen LogP contribution in [0.25, 0.3) is 11.0 Å². The van der Waals surface area contributed by atoms with Gasteiger partial charge in [0.15, 0.2) is 5.65 Å². The molecule has 2 fully saturated rings. The summed E-state index contributed by atoms with van der Waals surface area (Å²) in [6.07, 6.45) is 5.54. The predicted octanol–water partition coefficient (Wildman–Crippen LogP) is 1.32. The maximum absolute atomic E-state index is 12.5. The Morgan fingerprint density at radius 2 is 2.15 bits per heavy atom. The van der Waals surface area contributed by atoms with Gasteiger partial charge in [-0.2, -0.15) is 5.10 Å². The number of carbonyl (C=O) groups is 2. The van der Waals surface area contributed by atoms with Crippen molar-refractivity contribution >= 4 is 22.9 Å². The largest absolute Gasteiger partial charge is 0.480 e. The van der Waals surface area contributed by atoms with Crippen molar-refractivity contribution in [2.75, 3.05) is 13.1 Å². The molecule has 26 heavy (non-hydrogen) atoms. The molecule has 0 bridgehead atoms. The number of carbonyl (C=O) groups excluding carboxylic acids is 1. The molecule has 2 aliphatic rings. The van der Waals surface area contributed by atoms with E-state index in [-0.39, 0.29) is 24.5 Å². The van der Waals surface area contributed by atoms with Crippen LogP contribution in [0, 0.1) is 12.8 Å². The zero-order valence-corrected chi connectivity index (χ0v) is 14.7. The third kappa shape index (κ3) is 3.55. The number of carboxylic acid groups (broad SMARTS) is 1. The minimum absolute atomic E-state index is 0.0855. The lowest BCUT2D eigenvalue weighted by Crippen LogP contribution is -2.55. The van der Waals surface area contributed by atoms with Crippen LogP contribution in [0.1, 0.15) is 41.7 Å². The highest BCUT2D eigenvalue weighted by molar-refractivity contribution is 5.97. The van der Waals surface area contributed by atoms with E-state index >= 15 is 0 Å². The number of nitrogens with zero attached hydrogens (tertiary/aromatic N) is 3. The average Bonchev–Trinajstić information content (AvgIpc) is 3.31. The normalized spacial score (nSPS) is 22.4. The molecule has 2 aromatic heterocycles. The fourth-order valence-corrected chi connectivity index (χ4v) is 3.56. The van der Waals surface area contributed by atoms with E-state index in [9.17, 15) is 9.59 Å². The highest BCUT2D eigenvalue weighted by Crippen LogP contribution is 2.33. The first-order valence-corrected chi connectivity index (χ1v) is 9.07. The van der Waals surface area contributed by atoms with Crippen molar-refractivity contribution in [3.05, 3.63) is 23.5 Å². The quantitative estimate of drug-likeness (QED) is 0.689. The summed E-state index contributed by atoms with van der Waals surface area (Å²) in [5, 5.41) is 19.9. The fourth-order valence-electron chi connectivity index (χ4n) is 3.56. The number of hydrogen-bond acceptors (Lipinski definition) is 5. The number of rotatable bonds is 7. The Labute approximate surface area is 151 Å². The number of hydrogen-bond donors (Lipinski definition) is 3. The van der Waals surface area contributed by atoms with Crippen LogP contribution in [0.4, 0.5) is 0 Å². The predicted molar refractivity (Wildman–Crippen MR) is 94.8 cm³/mol. The number of nitrogens with one attached hydrogen (secondary N) is 2. The summed E-state index contributed by atoms with van der Waals surface area (Å²) in [6, 6.07) is 2.13. The third-order valence-corrected chi connectivity index (χ3v) is 5.36. The van der Waals surface area contributed by atoms with E-state index in [1.807, 2.05) is 6.92 Å². The number of carboxylic acids is 1. The second-order valence-electron chi connectivity index (χ2n) is 7.51. The molecule has 8 heteroatoms. The standard InChI is InChI=1S/C18H23N5O3/c1-10-15-4-12(7-19-17(15)22-21-10)18(26)20-13-5-14(6-13)23(9-16(24)25)8-11-2-3-11/h4,7,11,13-14H,2-3,5-6,8-9H2,1H3,(H,20,26)(H,24,25)(H,19,21,22). The molecular formula is C18H23N5O3. The minimum atomic E-state index is -0.784. The Hall–Kier alpha value is -2.48. The molecule has 138 valence electrons. The van der Waals surface area contributed by atoms with Gasteiger partial charge in [-0.25, -0.2) is 4.98 Å². The second-order valence-corrected chi connectivity index (χ2v) is 7.51. The lowest BCUT2D eigenvalue weighted by Gasteiger charge is -2.42. The molecular weight excluding hydrogens is 334 g/mol. The van der Waals surface area contributed by atoms with Crippen molar-refractivity contribution in [3.8, 4) is 0 Å². The number of H-pyrrole nitrogens is 1. The molecule has 1 amide bonds. The van der Waals surface area contributed by atoms with E-state index in [0.717, 1.165) is 30.5 Å². The van der Waals surface area contributed by atoms with Gasteiger partial charge in [0.25, 0.3) is 5.91 Å². The SMILES string of the molecule is Cc1[nH]nc2ncc(C(=O)NC3CC(N(CC(=O)O)CC4CC4)C3)cc12. The van der Waals surface area contributed by atoms with Gasteiger partial charge in [-0.1, -0.05) is 0 Å². The van der Waals surface area contributed by atoms with Crippen LogP contribution in [0.3, 0.4) is 0 Å². The number of pyridine rings is 1. The van der Waals surface area contributed by atoms with Crippen molar-refractivity contribution in [1.82, 2.24) is 25.4 Å². The van der Waals surface area contributed by atoms with Crippen molar-refractivity contribution in [3.63, 3.8) is 0 Å². The van der Waals surface area contributed by atoms with Gasteiger partial charge in [0.05, 0.1) is 12.1 Å². The molecule has 3 N–H and O–H groups in total. The maximum atomic E-state index is 12.5. The van der Waals surface area contributed by atoms with Crippen molar-refractivity contribution in [2.45, 2.75) is 44.7 Å². The second kappa shape index (κ2) is 6.68. The number of aliphatic carboxylic acids is 1. The van der Waals surface area contributed by atoms with Gasteiger partial charge in [0.2, 0.25) is 0 Å². The van der Waals surface area contributed by atoms with E-state index in [4.69, 9.17) is 5.11 Å². The Balaban J connectivity index is 1.34. The van der Waals surface area contributed by atoms with E-state index in [2.05, 4.69) is 25.4 Å². The highest BCUT2D eigenvalue weighted by atomic mass is 16.4. The number of amides is 1. The topological polar surface area (TPSA) is 111 Å². The molecule has 2 saturated carbocycles. The van der Waals surface area contributed by atoms with Gasteiger partial charge in [0.1, 0.15) is 0 Å². The van der Waals surface area contributed by atoms with E-state index in [1.165, 1.54) is 19.0 Å². The summed E-state index contributed by atoms with van der Waals surface area (Å²) < 4.78 is 0. The molecule has 2 aromatic rings. The fraction of sp³-hybridized carbons (Fsp3) is 0.556. The molecule has 2 heterocycles. The van der Waals surface area contributed by atoms with Crippen molar-refractivity contribution in [2.24, 2.45) is 5.92 Å². The van der Waals surface area contributed by atoms with Gasteiger partial charge in [-0.05, 0) is 44.6 Å². The molecule has 8 nitrogen and oxygen atoms in total. The third-order valence-electron chi connectivity index (χ3n) is 5.36. The van der Waals surface area contributed by atoms with Crippen LogP contribution < -0.4 is 5.32 Å². The maximum Gasteiger partial charge on any atom is 0.317 e. The highest BCUT2D eigenvalue weighted by Gasteiger charge is 2.37. The lowest BCUT2D eigenvalue weighted by atomic mass is 9.85. The number of aromatic nitrogens is 3. The molecule has 0 radical (unpaired) electrons. The summed E-state index contributed by atoms with van der Waals surface area (Å²) in [6.45, 7) is 2.84. The lowest BCUT2D eigenvalue weighted by molar-refractivity contribution is -0.139. The average molecular weight is 357 g/mol. The molecule has 2 aliphatic carbocycles. The summed E-state index contributed by atoms with van der Waals surface area (Å²) in [5.74, 6) is -0.276. The summed E-state index contributed by atoms with van der Waals surface area (Å²) in [5.41, 5.74) is 2.01. The number of aryl methyl sites for hydroxylation is 1. The molecule has 0 spiro atoms. The summed E-state index contributed by atoms with van der Waals surface area (Å²) in [7, 11) is 0. The van der Waals surface area contributed by atoms with Crippen LogP contribution in [-0.4, -0.2) is 62.2 Å². The Morgan fingerprint density at radius 1 is 1.38 bits per heavy atom. The Morgan fingerprint density at radius 3 is 2.85 bits per heavy atom. The molecule has 0 atom stereocenters. The number of fused-ring (bicyclic) bond motifs is 1. The Kier molecular flexibility index (Phi) is 4.36. The Bertz CT molecular complexity index is 838. The zero-order chi connectivity index (χ0) is 18.3. The van der Waals surface area contributed by atoms with Gasteiger partial charge in [0, 0.05) is 35.9 Å². The van der Waals surface area contributed by atoms with Crippen molar-refractivity contribution < 1.29 is 14.7 Å². The molecule has 0 aliphatic heterocycles. The first-order chi connectivity index (χ1) is 12.5. The zero-order valence-electron chi connectivity index (χ0n) is 14.7. The van der Waals surface area contributed by atoms with Crippen LogP contribution in [0.2, 0.25) is 0 Å². The first kappa shape index (κ1) is 17.0. The van der Waals surface area contributed by atoms with Crippen LogP contribution >= 0.6 is 0 Å². The van der Waals surface area contributed by atoms with Crippen LogP contribution in [-0.2, 0) is 4.79 Å². The monoisotopic (exact) mass is 357 g/mol. The molecule has 4 rings (SSSR count). The van der Waals surface area contributed by atoms with Gasteiger partial charge in [-0.15, -0.1) is 0 Å². The smallest absolute Gasteiger partial charge is 0.317 e. The molecule has 0 aromatic carbocycles. The molecule has 0 saturated heterocycles. The first-order valence-electron chi connectivity index (χ1n) is 9.07. The minimum Gasteiger partial charge on any atom is -0.480 e.